The molecule has 0 atom stereocenters. The van der Waals surface area contributed by atoms with Gasteiger partial charge in [-0.15, -0.1) is 0 Å². The van der Waals surface area contributed by atoms with Crippen LogP contribution in [-0.2, 0) is 15.4 Å². The molecule has 0 aliphatic heterocycles. The van der Waals surface area contributed by atoms with Gasteiger partial charge in [0.2, 0.25) is 10.0 Å². The van der Waals surface area contributed by atoms with Crippen molar-refractivity contribution in [1.29, 1.82) is 0 Å². The van der Waals surface area contributed by atoms with Crippen molar-refractivity contribution >= 4 is 10.0 Å². The molecule has 0 amide bonds. The van der Waals surface area contributed by atoms with E-state index in [4.69, 9.17) is 14.2 Å². The molecule has 1 N–H and O–H groups in total. The zero-order chi connectivity index (χ0) is 20.1. The van der Waals surface area contributed by atoms with Gasteiger partial charge in [-0.1, -0.05) is 32.9 Å². The summed E-state index contributed by atoms with van der Waals surface area (Å²) < 4.78 is 43.2. The van der Waals surface area contributed by atoms with Crippen molar-refractivity contribution < 1.29 is 22.6 Å². The average molecular weight is 394 g/mol. The van der Waals surface area contributed by atoms with Gasteiger partial charge in [0.1, 0.15) is 12.4 Å². The van der Waals surface area contributed by atoms with Crippen molar-refractivity contribution in [2.75, 3.05) is 27.4 Å². The number of benzene rings is 2. The summed E-state index contributed by atoms with van der Waals surface area (Å²) in [5, 5.41) is 0. The Hall–Kier alpha value is -2.25. The molecule has 2 rings (SSSR count). The van der Waals surface area contributed by atoms with E-state index < -0.39 is 10.0 Å². The lowest BCUT2D eigenvalue weighted by Crippen LogP contribution is -2.28. The van der Waals surface area contributed by atoms with Gasteiger partial charge in [-0.25, -0.2) is 13.1 Å². The lowest BCUT2D eigenvalue weighted by molar-refractivity contribution is 0.322. The monoisotopic (exact) mass is 393 g/mol. The van der Waals surface area contributed by atoms with Crippen LogP contribution in [0.25, 0.3) is 0 Å². The molecule has 0 aliphatic carbocycles. The summed E-state index contributed by atoms with van der Waals surface area (Å²) in [7, 11) is -0.709. The summed E-state index contributed by atoms with van der Waals surface area (Å²) in [6, 6.07) is 12.3. The van der Waals surface area contributed by atoms with Crippen molar-refractivity contribution in [3.8, 4) is 17.2 Å². The third-order valence-electron chi connectivity index (χ3n) is 4.05. The smallest absolute Gasteiger partial charge is 0.240 e. The largest absolute Gasteiger partial charge is 0.493 e. The third-order valence-corrected chi connectivity index (χ3v) is 5.51. The van der Waals surface area contributed by atoms with Crippen molar-refractivity contribution in [2.45, 2.75) is 31.1 Å². The molecule has 0 saturated carbocycles. The van der Waals surface area contributed by atoms with Gasteiger partial charge in [-0.05, 0) is 35.2 Å². The van der Waals surface area contributed by atoms with E-state index in [0.717, 1.165) is 0 Å². The molecule has 2 aromatic rings. The second kappa shape index (κ2) is 8.63. The number of sulfonamides is 1. The summed E-state index contributed by atoms with van der Waals surface area (Å²) in [6.45, 7) is 6.81. The van der Waals surface area contributed by atoms with E-state index in [1.165, 1.54) is 31.9 Å². The zero-order valence-electron chi connectivity index (χ0n) is 16.4. The molecule has 0 aliphatic rings. The summed E-state index contributed by atoms with van der Waals surface area (Å²) in [6.07, 6.45) is 0. The van der Waals surface area contributed by atoms with Crippen molar-refractivity contribution in [3.05, 3.63) is 48.0 Å². The van der Waals surface area contributed by atoms with Crippen molar-refractivity contribution in [1.82, 2.24) is 4.72 Å². The van der Waals surface area contributed by atoms with Crippen LogP contribution in [0.2, 0.25) is 0 Å². The highest BCUT2D eigenvalue weighted by Gasteiger charge is 2.17. The molecule has 6 nitrogen and oxygen atoms in total. The van der Waals surface area contributed by atoms with E-state index >= 15 is 0 Å². The molecule has 0 fully saturated rings. The maximum absolute atomic E-state index is 12.4. The Morgan fingerprint density at radius 3 is 2.11 bits per heavy atom. The van der Waals surface area contributed by atoms with Crippen LogP contribution in [0.15, 0.2) is 47.4 Å². The van der Waals surface area contributed by atoms with Gasteiger partial charge in [0.15, 0.2) is 11.5 Å². The second-order valence-corrected chi connectivity index (χ2v) is 8.80. The topological polar surface area (TPSA) is 73.9 Å². The van der Waals surface area contributed by atoms with Crippen LogP contribution >= 0.6 is 0 Å². The molecule has 0 bridgehead atoms. The van der Waals surface area contributed by atoms with Gasteiger partial charge in [0.05, 0.1) is 19.1 Å². The minimum absolute atomic E-state index is 0.0770. The summed E-state index contributed by atoms with van der Waals surface area (Å²) >= 11 is 0. The lowest BCUT2D eigenvalue weighted by Gasteiger charge is -2.19. The zero-order valence-corrected chi connectivity index (χ0v) is 17.2. The van der Waals surface area contributed by atoms with Gasteiger partial charge in [-0.2, -0.15) is 0 Å². The Kier molecular flexibility index (Phi) is 6.73. The van der Waals surface area contributed by atoms with Crippen LogP contribution in [0.1, 0.15) is 26.3 Å². The quantitative estimate of drug-likeness (QED) is 0.696. The van der Waals surface area contributed by atoms with Crippen molar-refractivity contribution in [2.24, 2.45) is 0 Å². The summed E-state index contributed by atoms with van der Waals surface area (Å²) in [5.74, 6) is 1.53. The fourth-order valence-electron chi connectivity index (χ4n) is 2.46. The fraction of sp³-hybridized carbons (Fsp3) is 0.400. The molecule has 0 unspecified atom stereocenters. The van der Waals surface area contributed by atoms with Gasteiger partial charge in [0.25, 0.3) is 0 Å². The van der Waals surface area contributed by atoms with E-state index in [0.29, 0.717) is 17.2 Å². The van der Waals surface area contributed by atoms with Crippen LogP contribution in [0.3, 0.4) is 0 Å². The third kappa shape index (κ3) is 5.61. The Balaban J connectivity index is 1.92. The minimum Gasteiger partial charge on any atom is -0.493 e. The minimum atomic E-state index is -3.66. The number of ether oxygens (including phenoxy) is 3. The van der Waals surface area contributed by atoms with Crippen LogP contribution in [0.5, 0.6) is 17.2 Å². The first-order valence-corrected chi connectivity index (χ1v) is 10.1. The Bertz CT molecular complexity index is 855. The molecule has 0 heterocycles. The SMILES string of the molecule is COc1ccc(S(=O)(=O)NCCOc2ccc(C(C)(C)C)cc2)cc1OC. The lowest BCUT2D eigenvalue weighted by atomic mass is 9.87. The van der Waals surface area contributed by atoms with Crippen LogP contribution in [0.4, 0.5) is 0 Å². The normalized spacial score (nSPS) is 11.9. The first kappa shape index (κ1) is 21.1. The molecular weight excluding hydrogens is 366 g/mol. The van der Waals surface area contributed by atoms with Gasteiger partial charge < -0.3 is 14.2 Å². The maximum atomic E-state index is 12.4. The second-order valence-electron chi connectivity index (χ2n) is 7.04. The first-order valence-electron chi connectivity index (χ1n) is 8.62. The highest BCUT2D eigenvalue weighted by molar-refractivity contribution is 7.89. The standard InChI is InChI=1S/C20H27NO5S/c1-20(2,3)15-6-8-16(9-7-15)26-13-12-21-27(22,23)17-10-11-18(24-4)19(14-17)25-5/h6-11,14,21H,12-13H2,1-5H3. The molecule has 0 saturated heterocycles. The van der Waals surface area contributed by atoms with E-state index in [2.05, 4.69) is 25.5 Å². The molecule has 148 valence electrons. The Morgan fingerprint density at radius 2 is 1.56 bits per heavy atom. The van der Waals surface area contributed by atoms with Gasteiger partial charge >= 0.3 is 0 Å². The number of methoxy groups -OCH3 is 2. The molecule has 0 spiro atoms. The number of rotatable bonds is 8. The van der Waals surface area contributed by atoms with E-state index in [1.54, 1.807) is 6.07 Å². The Labute approximate surface area is 161 Å². The average Bonchev–Trinajstić information content (AvgIpc) is 2.64. The summed E-state index contributed by atoms with van der Waals surface area (Å²) in [4.78, 5) is 0.106. The Morgan fingerprint density at radius 1 is 0.926 bits per heavy atom. The molecule has 0 aromatic heterocycles. The van der Waals surface area contributed by atoms with Gasteiger partial charge in [-0.3, -0.25) is 0 Å². The number of nitrogens with one attached hydrogen (secondary N) is 1. The van der Waals surface area contributed by atoms with Crippen LogP contribution < -0.4 is 18.9 Å². The summed E-state index contributed by atoms with van der Waals surface area (Å²) in [5.41, 5.74) is 1.29. The predicted octanol–water partition coefficient (Wildman–Crippen LogP) is 3.36. The highest BCUT2D eigenvalue weighted by atomic mass is 32.2. The molecule has 2 aromatic carbocycles. The van der Waals surface area contributed by atoms with E-state index in [9.17, 15) is 8.42 Å². The van der Waals surface area contributed by atoms with E-state index in [1.807, 2.05) is 24.3 Å². The van der Waals surface area contributed by atoms with E-state index in [-0.39, 0.29) is 23.5 Å². The van der Waals surface area contributed by atoms with Crippen molar-refractivity contribution in [3.63, 3.8) is 0 Å². The maximum Gasteiger partial charge on any atom is 0.240 e. The molecular formula is C20H27NO5S. The molecule has 27 heavy (non-hydrogen) atoms. The molecule has 0 radical (unpaired) electrons. The first-order chi connectivity index (χ1) is 12.7. The fourth-order valence-corrected chi connectivity index (χ4v) is 3.49. The number of hydrogen-bond acceptors (Lipinski definition) is 5. The van der Waals surface area contributed by atoms with Gasteiger partial charge in [0, 0.05) is 12.6 Å². The highest BCUT2D eigenvalue weighted by Crippen LogP contribution is 2.29. The van der Waals surface area contributed by atoms with Crippen LogP contribution in [-0.4, -0.2) is 35.8 Å². The predicted molar refractivity (Wildman–Crippen MR) is 105 cm³/mol. The number of hydrogen-bond donors (Lipinski definition) is 1. The van der Waals surface area contributed by atoms with Crippen LogP contribution in [0, 0.1) is 0 Å². The molecule has 7 heteroatoms.